The Morgan fingerprint density at radius 3 is 2.19 bits per heavy atom. The number of hydrogen-bond acceptors (Lipinski definition) is 3. The number of carboxylic acid groups (broad SMARTS) is 2. The van der Waals surface area contributed by atoms with Crippen LogP contribution in [0.15, 0.2) is 42.5 Å². The third-order valence-corrected chi connectivity index (χ3v) is 4.94. The van der Waals surface area contributed by atoms with E-state index in [-0.39, 0.29) is 16.9 Å². The third-order valence-electron chi connectivity index (χ3n) is 4.94. The van der Waals surface area contributed by atoms with Gasteiger partial charge in [-0.25, -0.2) is 9.59 Å². The van der Waals surface area contributed by atoms with Crippen LogP contribution in [0.25, 0.3) is 0 Å². The molecule has 0 aliphatic heterocycles. The van der Waals surface area contributed by atoms with Gasteiger partial charge in [-0.3, -0.25) is 0 Å². The fraction of sp³-hybridized carbons (Fsp3) is 0.385. The van der Waals surface area contributed by atoms with Crippen LogP contribution < -0.4 is 4.74 Å². The Morgan fingerprint density at radius 1 is 0.839 bits per heavy atom. The summed E-state index contributed by atoms with van der Waals surface area (Å²) in [5.41, 5.74) is 0.490. The lowest BCUT2D eigenvalue weighted by Gasteiger charge is -2.11. The van der Waals surface area contributed by atoms with E-state index in [0.29, 0.717) is 11.3 Å². The molecule has 164 valence electrons. The van der Waals surface area contributed by atoms with E-state index in [4.69, 9.17) is 4.74 Å². The van der Waals surface area contributed by atoms with Gasteiger partial charge in [0.25, 0.3) is 0 Å². The van der Waals surface area contributed by atoms with Crippen LogP contribution in [0.3, 0.4) is 0 Å². The standard InChI is InChI=1S/C26H30O5/c1-2-3-4-5-6-7-8-9-10-11-14-20-15-12-13-16-23(20)31-24-19-21(25(27)28)17-18-22(24)26(29)30/h12-13,15-19H,2-10H2,1H3,(H,27,28)(H,29,30). The molecule has 5 heteroatoms. The van der Waals surface area contributed by atoms with Crippen molar-refractivity contribution in [2.45, 2.75) is 64.7 Å². The number of para-hydroxylation sites is 1. The molecule has 2 N–H and O–H groups in total. The molecule has 0 bridgehead atoms. The van der Waals surface area contributed by atoms with Crippen molar-refractivity contribution in [1.29, 1.82) is 0 Å². The molecule has 0 radical (unpaired) electrons. The summed E-state index contributed by atoms with van der Waals surface area (Å²) in [6.07, 6.45) is 10.8. The molecular formula is C26H30O5. The van der Waals surface area contributed by atoms with Crippen LogP contribution in [-0.4, -0.2) is 22.2 Å². The maximum Gasteiger partial charge on any atom is 0.339 e. The molecule has 2 rings (SSSR count). The molecule has 0 spiro atoms. The van der Waals surface area contributed by atoms with Crippen LogP contribution in [-0.2, 0) is 0 Å². The number of unbranched alkanes of at least 4 members (excludes halogenated alkanes) is 8. The van der Waals surface area contributed by atoms with E-state index in [1.807, 2.05) is 6.07 Å². The van der Waals surface area contributed by atoms with E-state index in [2.05, 4.69) is 18.8 Å². The number of benzene rings is 2. The van der Waals surface area contributed by atoms with Gasteiger partial charge in [-0.15, -0.1) is 0 Å². The maximum absolute atomic E-state index is 11.5. The first-order valence-electron chi connectivity index (χ1n) is 10.9. The largest absolute Gasteiger partial charge is 0.478 e. The van der Waals surface area contributed by atoms with Crippen molar-refractivity contribution >= 4 is 11.9 Å². The number of carbonyl (C=O) groups is 2. The van der Waals surface area contributed by atoms with Gasteiger partial charge in [0, 0.05) is 6.42 Å². The Balaban J connectivity index is 1.99. The molecule has 0 amide bonds. The highest BCUT2D eigenvalue weighted by Crippen LogP contribution is 2.29. The van der Waals surface area contributed by atoms with Crippen LogP contribution in [0.1, 0.15) is 91.0 Å². The van der Waals surface area contributed by atoms with Crippen molar-refractivity contribution in [3.05, 3.63) is 59.2 Å². The maximum atomic E-state index is 11.5. The predicted molar refractivity (Wildman–Crippen MR) is 121 cm³/mol. The predicted octanol–water partition coefficient (Wildman–Crippen LogP) is 6.76. The molecule has 0 atom stereocenters. The highest BCUT2D eigenvalue weighted by molar-refractivity contribution is 5.94. The fourth-order valence-electron chi connectivity index (χ4n) is 3.20. The smallest absolute Gasteiger partial charge is 0.339 e. The molecule has 0 saturated heterocycles. The number of hydrogen-bond donors (Lipinski definition) is 2. The van der Waals surface area contributed by atoms with Gasteiger partial charge in [-0.05, 0) is 36.8 Å². The second-order valence-corrected chi connectivity index (χ2v) is 7.45. The van der Waals surface area contributed by atoms with Crippen LogP contribution in [0.5, 0.6) is 11.5 Å². The van der Waals surface area contributed by atoms with Gasteiger partial charge in [0.05, 0.1) is 11.1 Å². The molecule has 31 heavy (non-hydrogen) atoms. The number of carboxylic acids is 2. The minimum Gasteiger partial charge on any atom is -0.478 e. The molecule has 2 aromatic rings. The first-order valence-corrected chi connectivity index (χ1v) is 10.9. The Kier molecular flexibility index (Phi) is 10.2. The Morgan fingerprint density at radius 2 is 1.52 bits per heavy atom. The second-order valence-electron chi connectivity index (χ2n) is 7.45. The van der Waals surface area contributed by atoms with Crippen molar-refractivity contribution in [2.75, 3.05) is 0 Å². The Labute approximate surface area is 184 Å². The van der Waals surface area contributed by atoms with E-state index in [1.54, 1.807) is 18.2 Å². The number of ether oxygens (including phenoxy) is 1. The quantitative estimate of drug-likeness (QED) is 0.292. The van der Waals surface area contributed by atoms with Gasteiger partial charge < -0.3 is 14.9 Å². The molecule has 0 aliphatic rings. The van der Waals surface area contributed by atoms with Crippen LogP contribution in [0.4, 0.5) is 0 Å². The highest BCUT2D eigenvalue weighted by Gasteiger charge is 2.16. The first-order chi connectivity index (χ1) is 15.0. The average molecular weight is 423 g/mol. The summed E-state index contributed by atoms with van der Waals surface area (Å²) >= 11 is 0. The summed E-state index contributed by atoms with van der Waals surface area (Å²) in [5.74, 6) is 4.30. The van der Waals surface area contributed by atoms with Gasteiger partial charge >= 0.3 is 11.9 Å². The molecule has 2 aromatic carbocycles. The molecule has 0 heterocycles. The lowest BCUT2D eigenvalue weighted by molar-refractivity contribution is 0.0678. The van der Waals surface area contributed by atoms with Crippen molar-refractivity contribution in [3.8, 4) is 23.3 Å². The lowest BCUT2D eigenvalue weighted by atomic mass is 10.1. The molecular weight excluding hydrogens is 392 g/mol. The van der Waals surface area contributed by atoms with Gasteiger partial charge in [0.15, 0.2) is 0 Å². The topological polar surface area (TPSA) is 83.8 Å². The van der Waals surface area contributed by atoms with Gasteiger partial charge in [0.1, 0.15) is 17.1 Å². The van der Waals surface area contributed by atoms with Gasteiger partial charge in [-0.1, -0.05) is 75.8 Å². The summed E-state index contributed by atoms with van der Waals surface area (Å²) in [4.78, 5) is 22.7. The lowest BCUT2D eigenvalue weighted by Crippen LogP contribution is -2.04. The Bertz CT molecular complexity index is 936. The zero-order chi connectivity index (χ0) is 22.5. The van der Waals surface area contributed by atoms with Crippen molar-refractivity contribution < 1.29 is 24.5 Å². The third kappa shape index (κ3) is 8.18. The van der Waals surface area contributed by atoms with Crippen molar-refractivity contribution in [1.82, 2.24) is 0 Å². The van der Waals surface area contributed by atoms with E-state index in [9.17, 15) is 19.8 Å². The molecule has 0 fully saturated rings. The number of rotatable bonds is 12. The summed E-state index contributed by atoms with van der Waals surface area (Å²) in [7, 11) is 0. The second kappa shape index (κ2) is 13.1. The van der Waals surface area contributed by atoms with Crippen molar-refractivity contribution in [3.63, 3.8) is 0 Å². The van der Waals surface area contributed by atoms with Crippen LogP contribution in [0, 0.1) is 11.8 Å². The van der Waals surface area contributed by atoms with Gasteiger partial charge in [-0.2, -0.15) is 0 Å². The first kappa shape index (κ1) is 24.0. The number of aromatic carboxylic acids is 2. The van der Waals surface area contributed by atoms with E-state index in [1.165, 1.54) is 63.1 Å². The van der Waals surface area contributed by atoms with Crippen LogP contribution in [0.2, 0.25) is 0 Å². The fourth-order valence-corrected chi connectivity index (χ4v) is 3.20. The summed E-state index contributed by atoms with van der Waals surface area (Å²) in [5, 5.41) is 18.6. The van der Waals surface area contributed by atoms with E-state index < -0.39 is 11.9 Å². The zero-order valence-electron chi connectivity index (χ0n) is 18.0. The van der Waals surface area contributed by atoms with Crippen molar-refractivity contribution in [2.24, 2.45) is 0 Å². The van der Waals surface area contributed by atoms with Crippen LogP contribution >= 0.6 is 0 Å². The summed E-state index contributed by atoms with van der Waals surface area (Å²) in [6, 6.07) is 10.8. The molecule has 0 aromatic heterocycles. The molecule has 0 aliphatic carbocycles. The van der Waals surface area contributed by atoms with Gasteiger partial charge in [0.2, 0.25) is 0 Å². The monoisotopic (exact) mass is 422 g/mol. The Hall–Kier alpha value is -3.26. The molecule has 0 saturated carbocycles. The normalized spacial score (nSPS) is 10.2. The molecule has 5 nitrogen and oxygen atoms in total. The SMILES string of the molecule is CCCCCCCCCCC#Cc1ccccc1Oc1cc(C(=O)O)ccc1C(=O)O. The van der Waals surface area contributed by atoms with E-state index in [0.717, 1.165) is 12.8 Å². The minimum atomic E-state index is -1.19. The minimum absolute atomic E-state index is 0.0234. The van der Waals surface area contributed by atoms with E-state index >= 15 is 0 Å². The summed E-state index contributed by atoms with van der Waals surface area (Å²) < 4.78 is 5.79. The zero-order valence-corrected chi connectivity index (χ0v) is 18.0. The highest BCUT2D eigenvalue weighted by atomic mass is 16.5. The average Bonchev–Trinajstić information content (AvgIpc) is 2.75. The summed E-state index contributed by atoms with van der Waals surface area (Å²) in [6.45, 7) is 2.22. The molecule has 0 unspecified atom stereocenters.